The molecule has 3 aromatic rings. The van der Waals surface area contributed by atoms with Gasteiger partial charge in [-0.3, -0.25) is 9.79 Å². The van der Waals surface area contributed by atoms with Crippen molar-refractivity contribution < 1.29 is 4.79 Å². The van der Waals surface area contributed by atoms with Gasteiger partial charge in [0.15, 0.2) is 0 Å². The molecule has 0 radical (unpaired) electrons. The van der Waals surface area contributed by atoms with Gasteiger partial charge in [0.2, 0.25) is 11.9 Å². The van der Waals surface area contributed by atoms with E-state index in [0.717, 1.165) is 11.1 Å². The zero-order valence-corrected chi connectivity index (χ0v) is 15.9. The van der Waals surface area contributed by atoms with E-state index in [2.05, 4.69) is 30.6 Å². The Kier molecular flexibility index (Phi) is 6.62. The Balaban J connectivity index is 1.67. The van der Waals surface area contributed by atoms with Crippen LogP contribution in [0.2, 0.25) is 0 Å². The summed E-state index contributed by atoms with van der Waals surface area (Å²) in [6.45, 7) is 0. The second kappa shape index (κ2) is 9.75. The maximum absolute atomic E-state index is 12.2. The first-order valence-corrected chi connectivity index (χ1v) is 8.93. The predicted molar refractivity (Wildman–Crippen MR) is 114 cm³/mol. The molecule has 0 saturated heterocycles. The van der Waals surface area contributed by atoms with Gasteiger partial charge in [-0.15, -0.1) is 0 Å². The number of nitrogens with two attached hydrogens (primary N) is 1. The zero-order chi connectivity index (χ0) is 20.5. The van der Waals surface area contributed by atoms with E-state index in [0.29, 0.717) is 29.7 Å². The number of aromatic nitrogens is 3. The van der Waals surface area contributed by atoms with Crippen LogP contribution in [0.15, 0.2) is 78.2 Å². The summed E-state index contributed by atoms with van der Waals surface area (Å²) < 4.78 is 0. The lowest BCUT2D eigenvalue weighted by Crippen LogP contribution is -2.15. The first-order chi connectivity index (χ1) is 14.2. The van der Waals surface area contributed by atoms with Gasteiger partial charge in [0.1, 0.15) is 11.7 Å². The molecule has 8 nitrogen and oxygen atoms in total. The van der Waals surface area contributed by atoms with Crippen molar-refractivity contribution >= 4 is 23.5 Å². The number of aliphatic imine (C=N–C) groups is 1. The molecule has 146 valence electrons. The Hall–Kier alpha value is -4.07. The van der Waals surface area contributed by atoms with E-state index in [9.17, 15) is 4.79 Å². The maximum Gasteiger partial charge on any atom is 0.229 e. The molecule has 0 fully saturated rings. The SMILES string of the molecule is CN=C(C=CN)Nc1nccc(-c2ccc(NC(=O)Cc3ccccc3)nc2)n1. The standard InChI is InChI=1S/C21H21N7O/c1-23-18(9-11-22)28-21-24-12-10-17(26-21)16-7-8-19(25-14-16)27-20(29)13-15-5-3-2-4-6-15/h2-12,14H,13,22H2,1H3,(H,25,27,29)(H,23,24,26,28). The molecular weight excluding hydrogens is 366 g/mol. The van der Waals surface area contributed by atoms with Crippen LogP contribution in [-0.4, -0.2) is 33.7 Å². The number of pyridine rings is 1. The Bertz CT molecular complexity index is 1010. The van der Waals surface area contributed by atoms with Crippen LogP contribution in [-0.2, 0) is 11.2 Å². The Labute approximate surface area is 168 Å². The van der Waals surface area contributed by atoms with Crippen LogP contribution in [0, 0.1) is 0 Å². The minimum atomic E-state index is -0.121. The lowest BCUT2D eigenvalue weighted by molar-refractivity contribution is -0.115. The van der Waals surface area contributed by atoms with Crippen LogP contribution < -0.4 is 16.4 Å². The quantitative estimate of drug-likeness (QED) is 0.442. The minimum Gasteiger partial charge on any atom is -0.404 e. The molecule has 1 aromatic carbocycles. The third-order valence-electron chi connectivity index (χ3n) is 3.92. The monoisotopic (exact) mass is 387 g/mol. The van der Waals surface area contributed by atoms with Gasteiger partial charge in [-0.1, -0.05) is 30.3 Å². The smallest absolute Gasteiger partial charge is 0.229 e. The number of nitrogens with zero attached hydrogens (tertiary/aromatic N) is 4. The molecule has 29 heavy (non-hydrogen) atoms. The van der Waals surface area contributed by atoms with E-state index >= 15 is 0 Å². The van der Waals surface area contributed by atoms with Crippen molar-refractivity contribution in [2.75, 3.05) is 17.7 Å². The van der Waals surface area contributed by atoms with Crippen molar-refractivity contribution in [1.29, 1.82) is 0 Å². The summed E-state index contributed by atoms with van der Waals surface area (Å²) in [6.07, 6.45) is 6.58. The van der Waals surface area contributed by atoms with Gasteiger partial charge in [0, 0.05) is 25.0 Å². The van der Waals surface area contributed by atoms with E-state index in [1.807, 2.05) is 36.4 Å². The average molecular weight is 387 g/mol. The summed E-state index contributed by atoms with van der Waals surface area (Å²) in [5, 5.41) is 5.78. The van der Waals surface area contributed by atoms with E-state index in [-0.39, 0.29) is 5.91 Å². The van der Waals surface area contributed by atoms with Crippen molar-refractivity contribution in [2.45, 2.75) is 6.42 Å². The molecule has 1 amide bonds. The number of rotatable bonds is 6. The van der Waals surface area contributed by atoms with E-state index in [1.165, 1.54) is 6.20 Å². The highest BCUT2D eigenvalue weighted by Crippen LogP contribution is 2.18. The number of carbonyl (C=O) groups is 1. The van der Waals surface area contributed by atoms with E-state index < -0.39 is 0 Å². The molecule has 0 bridgehead atoms. The lowest BCUT2D eigenvalue weighted by atomic mass is 10.1. The third-order valence-corrected chi connectivity index (χ3v) is 3.92. The molecule has 0 aliphatic carbocycles. The third kappa shape index (κ3) is 5.70. The minimum absolute atomic E-state index is 0.121. The molecule has 4 N–H and O–H groups in total. The van der Waals surface area contributed by atoms with Crippen LogP contribution in [0.25, 0.3) is 11.3 Å². The highest BCUT2D eigenvalue weighted by atomic mass is 16.1. The first-order valence-electron chi connectivity index (χ1n) is 8.93. The van der Waals surface area contributed by atoms with Crippen molar-refractivity contribution in [3.63, 3.8) is 0 Å². The Morgan fingerprint density at radius 2 is 1.93 bits per heavy atom. The number of nitrogens with one attached hydrogen (secondary N) is 2. The fourth-order valence-electron chi connectivity index (χ4n) is 2.55. The first kappa shape index (κ1) is 19.7. The second-order valence-electron chi connectivity index (χ2n) is 6.00. The molecule has 0 aliphatic heterocycles. The van der Waals surface area contributed by atoms with Crippen LogP contribution in [0.5, 0.6) is 0 Å². The number of anilines is 2. The fraction of sp³-hybridized carbons (Fsp3) is 0.0952. The highest BCUT2D eigenvalue weighted by molar-refractivity contribution is 6.02. The second-order valence-corrected chi connectivity index (χ2v) is 6.00. The summed E-state index contributed by atoms with van der Waals surface area (Å²) in [5.41, 5.74) is 7.81. The van der Waals surface area contributed by atoms with Crippen LogP contribution in [0.4, 0.5) is 11.8 Å². The zero-order valence-electron chi connectivity index (χ0n) is 15.9. The summed E-state index contributed by atoms with van der Waals surface area (Å²) in [6, 6.07) is 14.9. The summed E-state index contributed by atoms with van der Waals surface area (Å²) in [4.78, 5) is 29.2. The fourth-order valence-corrected chi connectivity index (χ4v) is 2.55. The molecule has 0 unspecified atom stereocenters. The normalized spacial score (nSPS) is 11.4. The molecule has 2 heterocycles. The number of amides is 1. The maximum atomic E-state index is 12.2. The number of amidine groups is 1. The summed E-state index contributed by atoms with van der Waals surface area (Å²) >= 11 is 0. The van der Waals surface area contributed by atoms with E-state index in [1.54, 1.807) is 37.7 Å². The molecular formula is C21H21N7O. The average Bonchev–Trinajstić information content (AvgIpc) is 2.75. The van der Waals surface area contributed by atoms with Gasteiger partial charge in [-0.2, -0.15) is 0 Å². The largest absolute Gasteiger partial charge is 0.404 e. The van der Waals surface area contributed by atoms with Gasteiger partial charge < -0.3 is 16.4 Å². The van der Waals surface area contributed by atoms with Gasteiger partial charge >= 0.3 is 0 Å². The summed E-state index contributed by atoms with van der Waals surface area (Å²) in [7, 11) is 1.64. The molecule has 0 atom stereocenters. The van der Waals surface area contributed by atoms with Crippen molar-refractivity contribution in [2.24, 2.45) is 10.7 Å². The van der Waals surface area contributed by atoms with Crippen LogP contribution in [0.3, 0.4) is 0 Å². The molecule has 8 heteroatoms. The molecule has 0 aliphatic rings. The predicted octanol–water partition coefficient (Wildman–Crippen LogP) is 2.63. The van der Waals surface area contributed by atoms with Crippen molar-refractivity contribution in [1.82, 2.24) is 15.0 Å². The van der Waals surface area contributed by atoms with Crippen molar-refractivity contribution in [3.8, 4) is 11.3 Å². The summed E-state index contributed by atoms with van der Waals surface area (Å²) in [5.74, 6) is 1.29. The number of benzene rings is 1. The number of carbonyl (C=O) groups excluding carboxylic acids is 1. The van der Waals surface area contributed by atoms with Crippen LogP contribution >= 0.6 is 0 Å². The highest BCUT2D eigenvalue weighted by Gasteiger charge is 2.07. The Morgan fingerprint density at radius 1 is 1.10 bits per heavy atom. The number of hydrogen-bond donors (Lipinski definition) is 3. The molecule has 0 saturated carbocycles. The van der Waals surface area contributed by atoms with Gasteiger partial charge in [-0.05, 0) is 36.0 Å². The van der Waals surface area contributed by atoms with Gasteiger partial charge in [0.25, 0.3) is 0 Å². The topological polar surface area (TPSA) is 118 Å². The Morgan fingerprint density at radius 3 is 2.62 bits per heavy atom. The lowest BCUT2D eigenvalue weighted by Gasteiger charge is -2.07. The van der Waals surface area contributed by atoms with E-state index in [4.69, 9.17) is 5.73 Å². The van der Waals surface area contributed by atoms with Gasteiger partial charge in [0.05, 0.1) is 12.1 Å². The van der Waals surface area contributed by atoms with Crippen LogP contribution in [0.1, 0.15) is 5.56 Å². The molecule has 0 spiro atoms. The molecule has 3 rings (SSSR count). The number of hydrogen-bond acceptors (Lipinski definition) is 6. The molecule has 2 aromatic heterocycles. The van der Waals surface area contributed by atoms with Crippen molar-refractivity contribution in [3.05, 3.63) is 78.8 Å². The van der Waals surface area contributed by atoms with Gasteiger partial charge in [-0.25, -0.2) is 15.0 Å².